The quantitative estimate of drug-likeness (QED) is 0.0220. The molecule has 41 heteroatoms. The number of aromatic nitrogens is 1. The van der Waals surface area contributed by atoms with Crippen molar-refractivity contribution in [3.05, 3.63) is 114 Å². The standard InChI is InChI=1S/C98H144N18O23/c1-53(2)45-66-52-103-70(39-41-76(99)120)82(126)81(125)58(8)105-88(132)75(49-65-51-102-69-34-28-27-33-68(65)69)110-89(133)73(48-64-35-37-67(119)38-36-64)109-87(131)71(40-42-77(121)122)112-95(139)98(16,116-91(135)74(47-63-31-25-24-26-32-63)111-92(136)78(61(11)117)113-90(134)72(46-54(3)4)108-62(12)118)44-30-23-21-19-17-18-20-22-29-43-97(15,115-86(66)130)94(138)107-60(10)85(129)114-96(13,14)93(137)106-59(9)84(128)104-57(7)80(124)79(123)56(6)101-50-55(5)83(100)127/h18,20,24-28,31-38,51,53-61,66,70-75,78,101-103,117,119H,17,19,21-23,29-30,39-50,52H2,1-16H3,(H2,99,120)(H2,100,127)(H,104,128)(H,105,132)(H,106,137)(H,107,138)(H,108,118)(H,109,131)(H,110,133)(H,111,136)(H,112,139)(H,113,134)(H,114,129)(H,115,130)(H,116,135)(H,121,122)/b20-18+/t55-,56-,57-,58-,59?,60?,61+,66+,70-,71-,72-,73?,74-,75-,78-,97-,98+/m0/s1. The third-order valence-electron chi connectivity index (χ3n) is 24.0. The van der Waals surface area contributed by atoms with E-state index in [1.54, 1.807) is 88.5 Å². The number of primary amides is 2. The summed E-state index contributed by atoms with van der Waals surface area (Å²) in [5.41, 5.74) is 7.03. The molecule has 0 radical (unpaired) electrons. The van der Waals surface area contributed by atoms with Crippen molar-refractivity contribution in [2.75, 3.05) is 13.1 Å². The first-order valence-corrected chi connectivity index (χ1v) is 47.3. The highest BCUT2D eigenvalue weighted by Gasteiger charge is 2.45. The van der Waals surface area contributed by atoms with Gasteiger partial charge in [0.15, 0.2) is 0 Å². The number of carbonyl (C=O) groups excluding carboxylic acids is 19. The number of aromatic amines is 1. The van der Waals surface area contributed by atoms with Gasteiger partial charge in [-0.15, -0.1) is 0 Å². The first kappa shape index (κ1) is 116. The third kappa shape index (κ3) is 38.3. The molecule has 1 aliphatic heterocycles. The van der Waals surface area contributed by atoms with Gasteiger partial charge in [0, 0.05) is 75.1 Å². The van der Waals surface area contributed by atoms with Crippen molar-refractivity contribution in [2.24, 2.45) is 35.1 Å². The molecule has 3 unspecified atom stereocenters. The number of benzene rings is 3. The van der Waals surface area contributed by atoms with Gasteiger partial charge in [-0.1, -0.05) is 127 Å². The molecule has 4 aromatic rings. The molecule has 0 aliphatic carbocycles. The second-order valence-electron chi connectivity index (χ2n) is 38.0. The van der Waals surface area contributed by atoms with Crippen LogP contribution in [0.5, 0.6) is 5.75 Å². The van der Waals surface area contributed by atoms with Crippen LogP contribution in [0.15, 0.2) is 97.2 Å². The molecule has 1 aromatic heterocycles. The molecule has 15 amide bonds. The molecule has 139 heavy (non-hydrogen) atoms. The maximum Gasteiger partial charge on any atom is 0.303 e. The van der Waals surface area contributed by atoms with Crippen LogP contribution in [0, 0.1) is 23.7 Å². The maximum atomic E-state index is 15.6. The highest BCUT2D eigenvalue weighted by Crippen LogP contribution is 2.26. The van der Waals surface area contributed by atoms with Gasteiger partial charge in [0.1, 0.15) is 70.7 Å². The van der Waals surface area contributed by atoms with E-state index in [2.05, 4.69) is 84.7 Å². The molecular weight excluding hydrogens is 1800 g/mol. The number of nitrogens with two attached hydrogens (primary N) is 2. The molecule has 0 saturated heterocycles. The van der Waals surface area contributed by atoms with Crippen molar-refractivity contribution >= 4 is 129 Å². The van der Waals surface area contributed by atoms with Crippen LogP contribution in [0.1, 0.15) is 224 Å². The summed E-state index contributed by atoms with van der Waals surface area (Å²) in [7, 11) is 0. The lowest BCUT2D eigenvalue weighted by Crippen LogP contribution is -2.65. The number of phenolic OH excluding ortho intramolecular Hbond substituents is 1. The number of carboxylic acids is 1. The van der Waals surface area contributed by atoms with Crippen molar-refractivity contribution in [1.29, 1.82) is 0 Å². The Bertz CT molecular complexity index is 5020. The normalized spacial score (nSPS) is 21.8. The predicted octanol–water partition coefficient (Wildman–Crippen LogP) is 1.13. The Hall–Kier alpha value is -13.2. The summed E-state index contributed by atoms with van der Waals surface area (Å²) in [5.74, 6) is -21.7. The molecule has 764 valence electrons. The van der Waals surface area contributed by atoms with Crippen LogP contribution < -0.4 is 91.2 Å². The number of nitrogens with one attached hydrogen (secondary N) is 16. The Morgan fingerprint density at radius 3 is 1.76 bits per heavy atom. The number of carbonyl (C=O) groups is 20. The number of aliphatic hydroxyl groups is 1. The number of para-hydroxylation sites is 1. The molecule has 0 fully saturated rings. The lowest BCUT2D eigenvalue weighted by atomic mass is 9.89. The lowest BCUT2D eigenvalue weighted by molar-refractivity contribution is -0.140. The van der Waals surface area contributed by atoms with E-state index in [0.717, 1.165) is 0 Å². The molecule has 23 N–H and O–H groups in total. The van der Waals surface area contributed by atoms with Crippen molar-refractivity contribution in [2.45, 2.75) is 322 Å². The number of H-pyrrole nitrogens is 1. The number of aliphatic carboxylic acids is 1. The summed E-state index contributed by atoms with van der Waals surface area (Å²) in [6, 6.07) is 2.40. The highest BCUT2D eigenvalue weighted by molar-refractivity contribution is 6.41. The van der Waals surface area contributed by atoms with E-state index in [9.17, 15) is 77.6 Å². The van der Waals surface area contributed by atoms with Crippen molar-refractivity contribution in [3.8, 4) is 5.75 Å². The number of phenols is 1. The number of aliphatic hydroxyl groups excluding tert-OH is 1. The van der Waals surface area contributed by atoms with Crippen LogP contribution in [-0.4, -0.2) is 246 Å². The van der Waals surface area contributed by atoms with Gasteiger partial charge in [-0.25, -0.2) is 0 Å². The first-order chi connectivity index (χ1) is 65.1. The molecular formula is C98H144N18O23. The summed E-state index contributed by atoms with van der Waals surface area (Å²) >= 11 is 0. The minimum absolute atomic E-state index is 0.00666. The predicted molar refractivity (Wildman–Crippen MR) is 515 cm³/mol. The average Bonchev–Trinajstić information content (AvgIpc) is 1.81. The van der Waals surface area contributed by atoms with E-state index in [1.165, 1.54) is 107 Å². The Morgan fingerprint density at radius 1 is 0.554 bits per heavy atom. The zero-order valence-corrected chi connectivity index (χ0v) is 82.4. The number of ketones is 4. The molecule has 0 saturated carbocycles. The van der Waals surface area contributed by atoms with E-state index in [-0.39, 0.29) is 82.0 Å². The average molecular weight is 1940 g/mol. The van der Waals surface area contributed by atoms with Gasteiger partial charge in [-0.3, -0.25) is 95.9 Å². The number of aromatic hydroxyl groups is 1. The van der Waals surface area contributed by atoms with Gasteiger partial charge in [0.05, 0.1) is 36.2 Å². The minimum atomic E-state index is -2.08. The van der Waals surface area contributed by atoms with Crippen molar-refractivity contribution in [3.63, 3.8) is 0 Å². The van der Waals surface area contributed by atoms with Gasteiger partial charge in [-0.05, 0) is 180 Å². The lowest BCUT2D eigenvalue weighted by Gasteiger charge is -2.34. The van der Waals surface area contributed by atoms with Gasteiger partial charge >= 0.3 is 5.97 Å². The van der Waals surface area contributed by atoms with Crippen LogP contribution in [-0.2, 0) is 115 Å². The summed E-state index contributed by atoms with van der Waals surface area (Å²) in [5, 5.41) is 72.1. The fourth-order valence-electron chi connectivity index (χ4n) is 15.5. The second kappa shape index (κ2) is 55.4. The smallest absolute Gasteiger partial charge is 0.303 e. The van der Waals surface area contributed by atoms with Crippen molar-refractivity contribution in [1.82, 2.24) is 84.7 Å². The van der Waals surface area contributed by atoms with Crippen molar-refractivity contribution < 1.29 is 111 Å². The van der Waals surface area contributed by atoms with Crippen LogP contribution in [0.2, 0.25) is 0 Å². The molecule has 41 nitrogen and oxygen atoms in total. The molecule has 1 aliphatic rings. The number of Topliss-reactive ketones (excluding diaryl/α,β-unsaturated/α-hetero) is 4. The van der Waals surface area contributed by atoms with Crippen LogP contribution in [0.25, 0.3) is 10.9 Å². The third-order valence-corrected chi connectivity index (χ3v) is 24.0. The summed E-state index contributed by atoms with van der Waals surface area (Å²) in [6.07, 6.45) is 2.85. The Balaban J connectivity index is 1.60. The number of carboxylic acid groups (broad SMARTS) is 1. The van der Waals surface area contributed by atoms with E-state index in [0.29, 0.717) is 59.7 Å². The maximum absolute atomic E-state index is 15.6. The zero-order valence-electron chi connectivity index (χ0n) is 82.4. The first-order valence-electron chi connectivity index (χ1n) is 47.3. The number of hydrogen-bond acceptors (Lipinski definition) is 24. The van der Waals surface area contributed by atoms with Crippen LogP contribution in [0.3, 0.4) is 0 Å². The number of allylic oxidation sites excluding steroid dienone is 2. The van der Waals surface area contributed by atoms with Gasteiger partial charge in [0.2, 0.25) is 112 Å². The highest BCUT2D eigenvalue weighted by atomic mass is 16.4. The second-order valence-corrected chi connectivity index (χ2v) is 38.0. The molecule has 2 heterocycles. The zero-order chi connectivity index (χ0) is 104. The van der Waals surface area contributed by atoms with Crippen LogP contribution in [0.4, 0.5) is 0 Å². The van der Waals surface area contributed by atoms with E-state index < -0.39 is 257 Å². The number of fused-ring (bicyclic) bond motifs is 1. The monoisotopic (exact) mass is 1940 g/mol. The van der Waals surface area contributed by atoms with Gasteiger partial charge in [0.25, 0.3) is 0 Å². The van der Waals surface area contributed by atoms with Crippen LogP contribution >= 0.6 is 0 Å². The largest absolute Gasteiger partial charge is 0.508 e. The SMILES string of the molecule is CC(=O)N[C@@H](CC(C)C)C(=O)N[C@H](C(=O)N[C@@H](Cc1ccccc1)C(=O)N[C@]1(C)CCCCCC/C=C/CCC[C@@](C)(C(=O)NC(C)C(=O)NC(C)(C)C(=O)NC(C)C(=O)N[C@@H](C)C(=O)C(=O)[C@H](C)NC[C@H](C)C(N)=O)NC(=O)[C@H](CC(C)C)CN[C@@H](CCC(N)=O)C(=O)C(=O)[C@H](C)NC(=O)[C@H](Cc2c[nH]c3ccccc23)NC(=O)C(Cc2ccc(O)cc2)NC(=O)[C@H](CCC(=O)O)NC1=O)[C@@H](C)O. The number of rotatable bonds is 39. The van der Waals surface area contributed by atoms with Gasteiger partial charge < -0.3 is 112 Å². The molecule has 0 spiro atoms. The molecule has 5 rings (SSSR count). The Kier molecular flexibility index (Phi) is 46.4. The molecule has 0 bridgehead atoms. The summed E-state index contributed by atoms with van der Waals surface area (Å²) in [4.78, 5) is 284. The molecule has 3 aromatic carbocycles. The number of amides is 15. The Labute approximate surface area is 810 Å². The number of hydrogen-bond donors (Lipinski definition) is 21. The molecule has 17 atom stereocenters. The fraction of sp³-hybridized carbons (Fsp3) is 0.571. The summed E-state index contributed by atoms with van der Waals surface area (Å²) < 4.78 is 0. The Morgan fingerprint density at radius 2 is 1.14 bits per heavy atom. The van der Waals surface area contributed by atoms with Gasteiger partial charge in [-0.2, -0.15) is 0 Å². The topological polar surface area (TPSA) is 650 Å². The minimum Gasteiger partial charge on any atom is -0.508 e. The van der Waals surface area contributed by atoms with E-state index in [1.807, 2.05) is 12.2 Å². The fourth-order valence-corrected chi connectivity index (χ4v) is 15.5. The van der Waals surface area contributed by atoms with E-state index in [4.69, 9.17) is 11.5 Å². The van der Waals surface area contributed by atoms with E-state index >= 15 is 33.6 Å². The summed E-state index contributed by atoms with van der Waals surface area (Å²) in [6.45, 7) is 22.6.